The van der Waals surface area contributed by atoms with Crippen LogP contribution in [0.3, 0.4) is 0 Å². The number of halogens is 3. The van der Waals surface area contributed by atoms with Crippen LogP contribution in [-0.4, -0.2) is 49.6 Å². The standard InChI is InChI=1S/C24H20F3N5O/c25-24(26,27)15-32-21-6-5-16(11-20(21)30-22(32)18-4-2-9-29-13-18)23(33)31-10-7-19(14-31)17-3-1-8-28-12-17/h1-6,8-9,11-13,19H,7,10,14-15H2. The average molecular weight is 451 g/mol. The number of carbonyl (C=O) groups is 1. The summed E-state index contributed by atoms with van der Waals surface area (Å²) in [4.78, 5) is 27.5. The smallest absolute Gasteiger partial charge is 0.338 e. The molecule has 1 amide bonds. The van der Waals surface area contributed by atoms with Crippen LogP contribution in [0.4, 0.5) is 13.2 Å². The lowest BCUT2D eigenvalue weighted by atomic mass is 10.0. The maximum absolute atomic E-state index is 13.3. The number of alkyl halides is 3. The van der Waals surface area contributed by atoms with Crippen molar-refractivity contribution in [3.8, 4) is 11.4 Å². The highest BCUT2D eigenvalue weighted by Crippen LogP contribution is 2.31. The molecule has 4 aromatic rings. The maximum atomic E-state index is 13.3. The molecule has 168 valence electrons. The molecule has 1 unspecified atom stereocenters. The van der Waals surface area contributed by atoms with E-state index >= 15 is 0 Å². The van der Waals surface area contributed by atoms with Gasteiger partial charge in [0.15, 0.2) is 0 Å². The molecule has 33 heavy (non-hydrogen) atoms. The molecule has 0 saturated carbocycles. The van der Waals surface area contributed by atoms with Gasteiger partial charge in [0.2, 0.25) is 0 Å². The van der Waals surface area contributed by atoms with Crippen LogP contribution in [0, 0.1) is 0 Å². The van der Waals surface area contributed by atoms with Crippen molar-refractivity contribution in [3.05, 3.63) is 78.4 Å². The average Bonchev–Trinajstić information content (AvgIpc) is 3.44. The third kappa shape index (κ3) is 4.30. The molecule has 0 aliphatic carbocycles. The Morgan fingerprint density at radius 1 is 1.06 bits per heavy atom. The van der Waals surface area contributed by atoms with Gasteiger partial charge >= 0.3 is 6.18 Å². The molecule has 0 radical (unpaired) electrons. The van der Waals surface area contributed by atoms with Gasteiger partial charge in [-0.15, -0.1) is 0 Å². The van der Waals surface area contributed by atoms with Crippen LogP contribution in [0.5, 0.6) is 0 Å². The summed E-state index contributed by atoms with van der Waals surface area (Å²) in [5.41, 5.74) is 2.63. The van der Waals surface area contributed by atoms with E-state index in [9.17, 15) is 18.0 Å². The molecule has 9 heteroatoms. The van der Waals surface area contributed by atoms with Gasteiger partial charge in [-0.1, -0.05) is 6.07 Å². The lowest BCUT2D eigenvalue weighted by molar-refractivity contribution is -0.139. The molecule has 1 atom stereocenters. The van der Waals surface area contributed by atoms with Crippen molar-refractivity contribution in [2.24, 2.45) is 0 Å². The SMILES string of the molecule is O=C(c1ccc2c(c1)nc(-c1cccnc1)n2CC(F)(F)F)N1CCC(c2cccnc2)C1. The number of carbonyl (C=O) groups excluding carboxylic acids is 1. The molecule has 0 spiro atoms. The van der Waals surface area contributed by atoms with E-state index in [-0.39, 0.29) is 17.6 Å². The predicted molar refractivity (Wildman–Crippen MR) is 117 cm³/mol. The minimum atomic E-state index is -4.42. The molecule has 5 rings (SSSR count). The Labute approximate surface area is 187 Å². The van der Waals surface area contributed by atoms with Gasteiger partial charge < -0.3 is 9.47 Å². The molecule has 4 heterocycles. The van der Waals surface area contributed by atoms with Gasteiger partial charge in [-0.3, -0.25) is 14.8 Å². The third-order valence-electron chi connectivity index (χ3n) is 5.88. The molecule has 1 fully saturated rings. The number of fused-ring (bicyclic) bond motifs is 1. The number of rotatable bonds is 4. The van der Waals surface area contributed by atoms with E-state index in [2.05, 4.69) is 15.0 Å². The lowest BCUT2D eigenvalue weighted by Gasteiger charge is -2.17. The highest BCUT2D eigenvalue weighted by Gasteiger charge is 2.32. The number of aromatic nitrogens is 4. The second-order valence-corrected chi connectivity index (χ2v) is 8.11. The second kappa shape index (κ2) is 8.31. The molecule has 6 nitrogen and oxygen atoms in total. The topological polar surface area (TPSA) is 63.9 Å². The third-order valence-corrected chi connectivity index (χ3v) is 5.88. The zero-order valence-corrected chi connectivity index (χ0v) is 17.5. The fourth-order valence-electron chi connectivity index (χ4n) is 4.33. The Hall–Kier alpha value is -3.75. The summed E-state index contributed by atoms with van der Waals surface area (Å²) in [6.45, 7) is 0.00578. The number of likely N-dealkylation sites (tertiary alicyclic amines) is 1. The van der Waals surface area contributed by atoms with Gasteiger partial charge in [-0.25, -0.2) is 4.98 Å². The van der Waals surface area contributed by atoms with Crippen LogP contribution in [0.15, 0.2) is 67.3 Å². The van der Waals surface area contributed by atoms with Crippen molar-refractivity contribution in [1.82, 2.24) is 24.4 Å². The number of benzene rings is 1. The molecule has 0 N–H and O–H groups in total. The first-order valence-corrected chi connectivity index (χ1v) is 10.6. The van der Waals surface area contributed by atoms with Gasteiger partial charge in [0.05, 0.1) is 11.0 Å². The van der Waals surface area contributed by atoms with E-state index in [4.69, 9.17) is 0 Å². The van der Waals surface area contributed by atoms with Gasteiger partial charge in [-0.2, -0.15) is 13.2 Å². The monoisotopic (exact) mass is 451 g/mol. The summed E-state index contributed by atoms with van der Waals surface area (Å²) >= 11 is 0. The Bertz CT molecular complexity index is 1290. The molecular formula is C24H20F3N5O. The summed E-state index contributed by atoms with van der Waals surface area (Å²) in [6, 6.07) is 11.9. The van der Waals surface area contributed by atoms with E-state index in [1.807, 2.05) is 18.3 Å². The zero-order valence-electron chi connectivity index (χ0n) is 17.5. The van der Waals surface area contributed by atoms with Gasteiger partial charge in [0, 0.05) is 54.9 Å². The Kier molecular flexibility index (Phi) is 5.32. The van der Waals surface area contributed by atoms with Gasteiger partial charge in [-0.05, 0) is 48.4 Å². The summed E-state index contributed by atoms with van der Waals surface area (Å²) in [5.74, 6) is 0.226. The number of nitrogens with zero attached hydrogens (tertiary/aromatic N) is 5. The van der Waals surface area contributed by atoms with Crippen LogP contribution < -0.4 is 0 Å². The first-order valence-electron chi connectivity index (χ1n) is 10.6. The Morgan fingerprint density at radius 3 is 2.55 bits per heavy atom. The molecule has 1 aliphatic rings. The first kappa shape index (κ1) is 21.1. The molecular weight excluding hydrogens is 431 g/mol. The number of pyridine rings is 2. The van der Waals surface area contributed by atoms with Crippen LogP contribution in [-0.2, 0) is 6.54 Å². The summed E-state index contributed by atoms with van der Waals surface area (Å²) in [7, 11) is 0. The van der Waals surface area contributed by atoms with Gasteiger partial charge in [0.1, 0.15) is 12.4 Å². The highest BCUT2D eigenvalue weighted by atomic mass is 19.4. The predicted octanol–water partition coefficient (Wildman–Crippen LogP) is 4.69. The number of hydrogen-bond donors (Lipinski definition) is 0. The van der Waals surface area contributed by atoms with Crippen LogP contribution in [0.2, 0.25) is 0 Å². The van der Waals surface area contributed by atoms with E-state index in [1.54, 1.807) is 41.6 Å². The van der Waals surface area contributed by atoms with E-state index < -0.39 is 12.7 Å². The van der Waals surface area contributed by atoms with Crippen molar-refractivity contribution >= 4 is 16.9 Å². The van der Waals surface area contributed by atoms with Crippen molar-refractivity contribution in [1.29, 1.82) is 0 Å². The Balaban J connectivity index is 1.46. The van der Waals surface area contributed by atoms with Crippen molar-refractivity contribution < 1.29 is 18.0 Å². The normalized spacial score (nSPS) is 16.5. The van der Waals surface area contributed by atoms with Crippen LogP contribution in [0.1, 0.15) is 28.3 Å². The van der Waals surface area contributed by atoms with E-state index in [0.717, 1.165) is 16.6 Å². The summed E-state index contributed by atoms with van der Waals surface area (Å²) < 4.78 is 41.0. The lowest BCUT2D eigenvalue weighted by Crippen LogP contribution is -2.28. The molecule has 1 saturated heterocycles. The van der Waals surface area contributed by atoms with Crippen LogP contribution in [0.25, 0.3) is 22.4 Å². The Morgan fingerprint density at radius 2 is 1.85 bits per heavy atom. The summed E-state index contributed by atoms with van der Waals surface area (Å²) in [6.07, 6.45) is 2.97. The number of hydrogen-bond acceptors (Lipinski definition) is 4. The highest BCUT2D eigenvalue weighted by molar-refractivity contribution is 5.98. The molecule has 0 bridgehead atoms. The fourth-order valence-corrected chi connectivity index (χ4v) is 4.33. The fraction of sp³-hybridized carbons (Fsp3) is 0.250. The van der Waals surface area contributed by atoms with Crippen molar-refractivity contribution in [2.45, 2.75) is 25.1 Å². The second-order valence-electron chi connectivity index (χ2n) is 8.11. The zero-order chi connectivity index (χ0) is 23.0. The molecule has 3 aromatic heterocycles. The van der Waals surface area contributed by atoms with Crippen molar-refractivity contribution in [2.75, 3.05) is 13.1 Å². The molecule has 1 aromatic carbocycles. The maximum Gasteiger partial charge on any atom is 0.406 e. The van der Waals surface area contributed by atoms with Gasteiger partial charge in [0.25, 0.3) is 5.91 Å². The largest absolute Gasteiger partial charge is 0.406 e. The van der Waals surface area contributed by atoms with E-state index in [1.165, 1.54) is 12.3 Å². The minimum Gasteiger partial charge on any atom is -0.338 e. The molecule has 1 aliphatic heterocycles. The van der Waals surface area contributed by atoms with E-state index in [0.29, 0.717) is 35.2 Å². The number of imidazole rings is 1. The quantitative estimate of drug-likeness (QED) is 0.452. The van der Waals surface area contributed by atoms with Crippen molar-refractivity contribution in [3.63, 3.8) is 0 Å². The number of amides is 1. The summed E-state index contributed by atoms with van der Waals surface area (Å²) in [5, 5.41) is 0. The van der Waals surface area contributed by atoms with Crippen LogP contribution >= 0.6 is 0 Å². The minimum absolute atomic E-state index is 0.156. The first-order chi connectivity index (χ1) is 15.9.